The number of carbonyl (C=O) groups is 2. The Hall–Kier alpha value is -2.83. The van der Waals surface area contributed by atoms with Gasteiger partial charge in [-0.2, -0.15) is 0 Å². The van der Waals surface area contributed by atoms with Crippen LogP contribution in [0, 0.1) is 5.92 Å². The van der Waals surface area contributed by atoms with Gasteiger partial charge in [-0.15, -0.1) is 0 Å². The summed E-state index contributed by atoms with van der Waals surface area (Å²) in [5, 5.41) is 8.96. The fourth-order valence-electron chi connectivity index (χ4n) is 2.53. The zero-order valence-corrected chi connectivity index (χ0v) is 11.6. The third kappa shape index (κ3) is 2.52. The molecule has 1 aliphatic rings. The van der Waals surface area contributed by atoms with Gasteiger partial charge in [0.1, 0.15) is 11.3 Å². The van der Waals surface area contributed by atoms with Crippen LogP contribution < -0.4 is 5.56 Å². The number of amides is 1. The van der Waals surface area contributed by atoms with E-state index in [2.05, 4.69) is 4.98 Å². The lowest BCUT2D eigenvalue weighted by Crippen LogP contribution is -2.33. The van der Waals surface area contributed by atoms with Gasteiger partial charge in [-0.05, 0) is 30.7 Å². The topological polar surface area (TPSA) is 104 Å². The molecule has 2 aromatic heterocycles. The van der Waals surface area contributed by atoms with Crippen LogP contribution in [0.25, 0.3) is 11.5 Å². The predicted octanol–water partition coefficient (Wildman–Crippen LogP) is 1.18. The first-order chi connectivity index (χ1) is 10.6. The minimum atomic E-state index is -0.919. The molecule has 0 aliphatic carbocycles. The SMILES string of the molecule is O=C(O)C1CCN(C(=O)c2ccc(-c3ccco3)[nH]c2=O)C1. The highest BCUT2D eigenvalue weighted by molar-refractivity contribution is 5.94. The summed E-state index contributed by atoms with van der Waals surface area (Å²) in [5.74, 6) is -1.43. The van der Waals surface area contributed by atoms with Crippen molar-refractivity contribution in [3.05, 3.63) is 46.4 Å². The summed E-state index contributed by atoms with van der Waals surface area (Å²) < 4.78 is 5.18. The van der Waals surface area contributed by atoms with Gasteiger partial charge in [0, 0.05) is 13.1 Å². The van der Waals surface area contributed by atoms with Crippen molar-refractivity contribution < 1.29 is 19.1 Å². The van der Waals surface area contributed by atoms with Gasteiger partial charge in [-0.1, -0.05) is 0 Å². The van der Waals surface area contributed by atoms with E-state index in [1.54, 1.807) is 18.2 Å². The smallest absolute Gasteiger partial charge is 0.308 e. The minimum Gasteiger partial charge on any atom is -0.481 e. The van der Waals surface area contributed by atoms with E-state index in [9.17, 15) is 14.4 Å². The van der Waals surface area contributed by atoms with Crippen LogP contribution in [-0.4, -0.2) is 40.0 Å². The van der Waals surface area contributed by atoms with Crippen molar-refractivity contribution in [2.24, 2.45) is 5.92 Å². The molecule has 7 nitrogen and oxygen atoms in total. The molecule has 0 saturated carbocycles. The molecular weight excluding hydrogens is 288 g/mol. The fraction of sp³-hybridized carbons (Fsp3) is 0.267. The molecule has 1 saturated heterocycles. The van der Waals surface area contributed by atoms with Crippen LogP contribution in [0.2, 0.25) is 0 Å². The highest BCUT2D eigenvalue weighted by Gasteiger charge is 2.32. The number of furan rings is 1. The van der Waals surface area contributed by atoms with Gasteiger partial charge in [0.05, 0.1) is 17.9 Å². The Morgan fingerprint density at radius 2 is 2.14 bits per heavy atom. The van der Waals surface area contributed by atoms with Crippen molar-refractivity contribution in [3.63, 3.8) is 0 Å². The van der Waals surface area contributed by atoms with Gasteiger partial charge < -0.3 is 19.4 Å². The number of likely N-dealkylation sites (tertiary alicyclic amines) is 1. The van der Waals surface area contributed by atoms with E-state index in [0.29, 0.717) is 24.4 Å². The van der Waals surface area contributed by atoms with E-state index in [1.807, 2.05) is 0 Å². The molecule has 0 bridgehead atoms. The molecule has 1 aliphatic heterocycles. The summed E-state index contributed by atoms with van der Waals surface area (Å²) in [7, 11) is 0. The molecule has 2 N–H and O–H groups in total. The summed E-state index contributed by atoms with van der Waals surface area (Å²) >= 11 is 0. The van der Waals surface area contributed by atoms with Crippen molar-refractivity contribution >= 4 is 11.9 Å². The zero-order chi connectivity index (χ0) is 15.7. The van der Waals surface area contributed by atoms with Crippen molar-refractivity contribution in [1.29, 1.82) is 0 Å². The van der Waals surface area contributed by atoms with E-state index in [1.165, 1.54) is 17.2 Å². The van der Waals surface area contributed by atoms with Crippen LogP contribution in [-0.2, 0) is 4.79 Å². The second-order valence-electron chi connectivity index (χ2n) is 5.17. The Labute approximate surface area is 125 Å². The second-order valence-corrected chi connectivity index (χ2v) is 5.17. The average Bonchev–Trinajstić information content (AvgIpc) is 3.18. The molecule has 7 heteroatoms. The maximum absolute atomic E-state index is 12.3. The number of rotatable bonds is 3. The zero-order valence-electron chi connectivity index (χ0n) is 11.6. The molecular formula is C15H14N2O5. The Morgan fingerprint density at radius 3 is 2.73 bits per heavy atom. The largest absolute Gasteiger partial charge is 0.481 e. The molecule has 1 fully saturated rings. The number of pyridine rings is 1. The van der Waals surface area contributed by atoms with Crippen molar-refractivity contribution in [3.8, 4) is 11.5 Å². The van der Waals surface area contributed by atoms with Crippen LogP contribution in [0.15, 0.2) is 39.7 Å². The Bertz CT molecular complexity index is 762. The third-order valence-corrected chi connectivity index (χ3v) is 3.75. The van der Waals surface area contributed by atoms with E-state index < -0.39 is 23.4 Å². The summed E-state index contributed by atoms with van der Waals surface area (Å²) in [6, 6.07) is 6.43. The second kappa shape index (κ2) is 5.51. The van der Waals surface area contributed by atoms with Crippen molar-refractivity contribution in [2.45, 2.75) is 6.42 Å². The lowest BCUT2D eigenvalue weighted by Gasteiger charge is -2.15. The first kappa shape index (κ1) is 14.1. The molecule has 3 rings (SSSR count). The number of nitrogens with zero attached hydrogens (tertiary/aromatic N) is 1. The van der Waals surface area contributed by atoms with Gasteiger partial charge in [0.2, 0.25) is 0 Å². The third-order valence-electron chi connectivity index (χ3n) is 3.75. The lowest BCUT2D eigenvalue weighted by molar-refractivity contribution is -0.141. The van der Waals surface area contributed by atoms with Crippen LogP contribution in [0.1, 0.15) is 16.8 Å². The van der Waals surface area contributed by atoms with E-state index in [4.69, 9.17) is 9.52 Å². The number of carbonyl (C=O) groups excluding carboxylic acids is 1. The van der Waals surface area contributed by atoms with Gasteiger partial charge in [0.25, 0.3) is 11.5 Å². The maximum atomic E-state index is 12.3. The monoisotopic (exact) mass is 302 g/mol. The summed E-state index contributed by atoms with van der Waals surface area (Å²) in [6.07, 6.45) is 1.90. The first-order valence-electron chi connectivity index (χ1n) is 6.85. The van der Waals surface area contributed by atoms with E-state index in [0.717, 1.165) is 0 Å². The quantitative estimate of drug-likeness (QED) is 0.886. The molecule has 0 aromatic carbocycles. The average molecular weight is 302 g/mol. The molecule has 2 aromatic rings. The number of hydrogen-bond donors (Lipinski definition) is 2. The standard InChI is InChI=1S/C15H14N2O5/c18-13-10(3-4-11(16-13)12-2-1-7-22-12)14(19)17-6-5-9(8-17)15(20)21/h1-4,7,9H,5-6,8H2,(H,16,18)(H,20,21). The van der Waals surface area contributed by atoms with Crippen molar-refractivity contribution in [1.82, 2.24) is 9.88 Å². The first-order valence-corrected chi connectivity index (χ1v) is 6.85. The fourth-order valence-corrected chi connectivity index (χ4v) is 2.53. The van der Waals surface area contributed by atoms with Crippen LogP contribution in [0.3, 0.4) is 0 Å². The van der Waals surface area contributed by atoms with Crippen molar-refractivity contribution in [2.75, 3.05) is 13.1 Å². The predicted molar refractivity (Wildman–Crippen MR) is 76.4 cm³/mol. The maximum Gasteiger partial charge on any atom is 0.308 e. The number of aliphatic carboxylic acids is 1. The van der Waals surface area contributed by atoms with Gasteiger partial charge in [-0.3, -0.25) is 14.4 Å². The number of carboxylic acid groups (broad SMARTS) is 1. The van der Waals surface area contributed by atoms with Crippen LogP contribution in [0.5, 0.6) is 0 Å². The number of nitrogens with one attached hydrogen (secondary N) is 1. The minimum absolute atomic E-state index is 0.00125. The number of H-pyrrole nitrogens is 1. The summed E-state index contributed by atoms with van der Waals surface area (Å²) in [5.41, 5.74) is -0.0320. The van der Waals surface area contributed by atoms with Gasteiger partial charge in [-0.25, -0.2) is 0 Å². The summed E-state index contributed by atoms with van der Waals surface area (Å²) in [6.45, 7) is 0.475. The Balaban J connectivity index is 1.82. The molecule has 0 radical (unpaired) electrons. The highest BCUT2D eigenvalue weighted by Crippen LogP contribution is 2.19. The van der Waals surface area contributed by atoms with Crippen LogP contribution in [0.4, 0.5) is 0 Å². The Kier molecular flexibility index (Phi) is 3.54. The molecule has 3 heterocycles. The van der Waals surface area contributed by atoms with E-state index >= 15 is 0 Å². The molecule has 114 valence electrons. The van der Waals surface area contributed by atoms with Gasteiger partial charge in [0.15, 0.2) is 0 Å². The van der Waals surface area contributed by atoms with Crippen LogP contribution >= 0.6 is 0 Å². The van der Waals surface area contributed by atoms with Gasteiger partial charge >= 0.3 is 5.97 Å². The number of aromatic nitrogens is 1. The number of hydrogen-bond acceptors (Lipinski definition) is 4. The number of aromatic amines is 1. The molecule has 0 spiro atoms. The summed E-state index contributed by atoms with van der Waals surface area (Å²) in [4.78, 5) is 39.3. The molecule has 1 atom stereocenters. The Morgan fingerprint density at radius 1 is 1.32 bits per heavy atom. The molecule has 1 amide bonds. The number of carboxylic acids is 1. The molecule has 1 unspecified atom stereocenters. The molecule has 22 heavy (non-hydrogen) atoms. The van der Waals surface area contributed by atoms with E-state index in [-0.39, 0.29) is 12.1 Å². The lowest BCUT2D eigenvalue weighted by atomic mass is 10.1. The normalized spacial score (nSPS) is 17.6. The highest BCUT2D eigenvalue weighted by atomic mass is 16.4.